The van der Waals surface area contributed by atoms with Gasteiger partial charge in [-0.05, 0) is 37.3 Å². The molecule has 2 aromatic carbocycles. The molecule has 23 heavy (non-hydrogen) atoms. The summed E-state index contributed by atoms with van der Waals surface area (Å²) in [7, 11) is 0. The van der Waals surface area contributed by atoms with Crippen LogP contribution in [0.3, 0.4) is 0 Å². The summed E-state index contributed by atoms with van der Waals surface area (Å²) < 4.78 is 17.5. The minimum absolute atomic E-state index is 0.131. The van der Waals surface area contributed by atoms with E-state index in [-0.39, 0.29) is 18.8 Å². The third-order valence-corrected chi connectivity index (χ3v) is 3.41. The van der Waals surface area contributed by atoms with Crippen molar-refractivity contribution in [2.24, 2.45) is 0 Å². The quantitative estimate of drug-likeness (QED) is 0.701. The summed E-state index contributed by atoms with van der Waals surface area (Å²) in [5.74, 6) is 0.565. The highest BCUT2D eigenvalue weighted by atomic mass is 79.9. The summed E-state index contributed by atoms with van der Waals surface area (Å²) in [5, 5.41) is 9.09. The Bertz CT molecular complexity index is 672. The van der Waals surface area contributed by atoms with E-state index in [0.717, 1.165) is 4.47 Å². The van der Waals surface area contributed by atoms with Crippen molar-refractivity contribution < 1.29 is 24.1 Å². The number of rotatable bonds is 8. The van der Waals surface area contributed by atoms with Gasteiger partial charge in [-0.25, -0.2) is 4.79 Å². The molecule has 0 radical (unpaired) electrons. The van der Waals surface area contributed by atoms with Crippen LogP contribution in [-0.4, -0.2) is 30.9 Å². The Hall–Kier alpha value is -2.21. The molecule has 0 unspecified atom stereocenters. The van der Waals surface area contributed by atoms with Gasteiger partial charge in [-0.3, -0.25) is 0 Å². The normalized spacial score (nSPS) is 10.2. The van der Waals surface area contributed by atoms with Gasteiger partial charge in [-0.2, -0.15) is 0 Å². The topological polar surface area (TPSA) is 65.0 Å². The molecule has 0 aromatic heterocycles. The van der Waals surface area contributed by atoms with Gasteiger partial charge in [-0.1, -0.05) is 28.1 Å². The van der Waals surface area contributed by atoms with Gasteiger partial charge >= 0.3 is 5.97 Å². The molecule has 0 aliphatic heterocycles. The maximum absolute atomic E-state index is 11.1. The molecule has 0 aliphatic carbocycles. The van der Waals surface area contributed by atoms with Gasteiger partial charge in [0.25, 0.3) is 0 Å². The van der Waals surface area contributed by atoms with Crippen molar-refractivity contribution in [1.29, 1.82) is 0 Å². The number of hydrogen-bond acceptors (Lipinski definition) is 4. The molecule has 0 amide bonds. The van der Waals surface area contributed by atoms with E-state index in [1.165, 1.54) is 6.07 Å². The molecule has 122 valence electrons. The van der Waals surface area contributed by atoms with Gasteiger partial charge in [0.2, 0.25) is 0 Å². The predicted molar refractivity (Wildman–Crippen MR) is 89.7 cm³/mol. The Kier molecular flexibility index (Phi) is 6.29. The van der Waals surface area contributed by atoms with Crippen molar-refractivity contribution in [2.45, 2.75) is 6.92 Å². The van der Waals surface area contributed by atoms with Gasteiger partial charge in [0.15, 0.2) is 11.5 Å². The lowest BCUT2D eigenvalue weighted by Gasteiger charge is -2.13. The zero-order valence-corrected chi connectivity index (χ0v) is 14.2. The molecule has 0 bridgehead atoms. The molecule has 0 fully saturated rings. The average molecular weight is 381 g/mol. The minimum Gasteiger partial charge on any atom is -0.490 e. The van der Waals surface area contributed by atoms with Gasteiger partial charge in [-0.15, -0.1) is 0 Å². The first-order chi connectivity index (χ1) is 11.1. The van der Waals surface area contributed by atoms with Crippen LogP contribution in [0.2, 0.25) is 0 Å². The van der Waals surface area contributed by atoms with E-state index in [1.54, 1.807) is 24.3 Å². The lowest BCUT2D eigenvalue weighted by molar-refractivity contribution is 0.0691. The van der Waals surface area contributed by atoms with E-state index in [9.17, 15) is 4.79 Å². The van der Waals surface area contributed by atoms with Crippen molar-refractivity contribution in [1.82, 2.24) is 0 Å². The highest BCUT2D eigenvalue weighted by Gasteiger charge is 2.10. The number of benzene rings is 2. The number of carboxylic acid groups (broad SMARTS) is 1. The van der Waals surface area contributed by atoms with Crippen LogP contribution in [-0.2, 0) is 0 Å². The lowest BCUT2D eigenvalue weighted by atomic mass is 10.2. The second kappa shape index (κ2) is 8.43. The fourth-order valence-corrected chi connectivity index (χ4v) is 2.28. The van der Waals surface area contributed by atoms with Gasteiger partial charge in [0, 0.05) is 4.47 Å². The Balaban J connectivity index is 1.92. The molecule has 0 heterocycles. The second-order valence-corrected chi connectivity index (χ2v) is 5.44. The third kappa shape index (κ3) is 4.89. The van der Waals surface area contributed by atoms with Crippen LogP contribution >= 0.6 is 15.9 Å². The number of para-hydroxylation sites is 1. The standard InChI is InChI=1S/C17H17BrO5/c1-2-21-16-11-12(18)7-8-15(16)23-10-9-22-14-6-4-3-5-13(14)17(19)20/h3-8,11H,2,9-10H2,1H3,(H,19,20). The zero-order valence-electron chi connectivity index (χ0n) is 12.6. The van der Waals surface area contributed by atoms with E-state index < -0.39 is 5.97 Å². The van der Waals surface area contributed by atoms with E-state index in [4.69, 9.17) is 19.3 Å². The van der Waals surface area contributed by atoms with Gasteiger partial charge < -0.3 is 19.3 Å². The van der Waals surface area contributed by atoms with E-state index >= 15 is 0 Å². The van der Waals surface area contributed by atoms with Crippen LogP contribution in [0.25, 0.3) is 0 Å². The summed E-state index contributed by atoms with van der Waals surface area (Å²) in [6, 6.07) is 12.0. The molecule has 0 aliphatic rings. The van der Waals surface area contributed by atoms with E-state index in [2.05, 4.69) is 15.9 Å². The summed E-state index contributed by atoms with van der Waals surface area (Å²) in [6.07, 6.45) is 0. The molecule has 0 atom stereocenters. The first kappa shape index (κ1) is 17.1. The number of aromatic carboxylic acids is 1. The first-order valence-corrected chi connectivity index (χ1v) is 7.91. The molecule has 0 saturated heterocycles. The highest BCUT2D eigenvalue weighted by Crippen LogP contribution is 2.30. The zero-order chi connectivity index (χ0) is 16.7. The summed E-state index contributed by atoms with van der Waals surface area (Å²) >= 11 is 3.38. The molecule has 1 N–H and O–H groups in total. The van der Waals surface area contributed by atoms with Crippen molar-refractivity contribution in [3.05, 3.63) is 52.5 Å². The van der Waals surface area contributed by atoms with Crippen molar-refractivity contribution in [3.8, 4) is 17.2 Å². The van der Waals surface area contributed by atoms with Gasteiger partial charge in [0.05, 0.1) is 6.61 Å². The molecule has 5 nitrogen and oxygen atoms in total. The summed E-state index contributed by atoms with van der Waals surface area (Å²) in [4.78, 5) is 11.1. The van der Waals surface area contributed by atoms with Crippen LogP contribution < -0.4 is 14.2 Å². The van der Waals surface area contributed by atoms with Crippen molar-refractivity contribution >= 4 is 21.9 Å². The molecular weight excluding hydrogens is 364 g/mol. The molecule has 6 heteroatoms. The average Bonchev–Trinajstić information content (AvgIpc) is 2.54. The number of hydrogen-bond donors (Lipinski definition) is 1. The number of carboxylic acids is 1. The predicted octanol–water partition coefficient (Wildman–Crippen LogP) is 4.00. The van der Waals surface area contributed by atoms with Crippen LogP contribution in [0.15, 0.2) is 46.9 Å². The molecule has 2 aromatic rings. The fourth-order valence-electron chi connectivity index (χ4n) is 1.94. The molecule has 0 saturated carbocycles. The van der Waals surface area contributed by atoms with Crippen LogP contribution in [0.4, 0.5) is 0 Å². The molecular formula is C17H17BrO5. The second-order valence-electron chi connectivity index (χ2n) is 4.52. The maximum Gasteiger partial charge on any atom is 0.339 e. The molecule has 0 spiro atoms. The van der Waals surface area contributed by atoms with E-state index in [0.29, 0.717) is 23.9 Å². The monoisotopic (exact) mass is 380 g/mol. The SMILES string of the molecule is CCOc1cc(Br)ccc1OCCOc1ccccc1C(=O)O. The first-order valence-electron chi connectivity index (χ1n) is 7.12. The Morgan fingerprint density at radius 2 is 1.70 bits per heavy atom. The third-order valence-electron chi connectivity index (χ3n) is 2.92. The van der Waals surface area contributed by atoms with Crippen molar-refractivity contribution in [2.75, 3.05) is 19.8 Å². The van der Waals surface area contributed by atoms with Crippen LogP contribution in [0.5, 0.6) is 17.2 Å². The maximum atomic E-state index is 11.1. The minimum atomic E-state index is -1.02. The summed E-state index contributed by atoms with van der Waals surface area (Å²) in [5.41, 5.74) is 0.131. The number of halogens is 1. The molecule has 2 rings (SSSR count). The Morgan fingerprint density at radius 1 is 1.00 bits per heavy atom. The highest BCUT2D eigenvalue weighted by molar-refractivity contribution is 9.10. The summed E-state index contributed by atoms with van der Waals surface area (Å²) in [6.45, 7) is 2.94. The number of ether oxygens (including phenoxy) is 3. The van der Waals surface area contributed by atoms with Crippen LogP contribution in [0.1, 0.15) is 17.3 Å². The van der Waals surface area contributed by atoms with Crippen LogP contribution in [0, 0.1) is 0 Å². The van der Waals surface area contributed by atoms with Gasteiger partial charge in [0.1, 0.15) is 24.5 Å². The Labute approximate surface area is 142 Å². The Morgan fingerprint density at radius 3 is 2.39 bits per heavy atom. The lowest BCUT2D eigenvalue weighted by Crippen LogP contribution is -2.11. The smallest absolute Gasteiger partial charge is 0.339 e. The number of carbonyl (C=O) groups is 1. The fraction of sp³-hybridized carbons (Fsp3) is 0.235. The van der Waals surface area contributed by atoms with Crippen molar-refractivity contribution in [3.63, 3.8) is 0 Å². The largest absolute Gasteiger partial charge is 0.490 e. The van der Waals surface area contributed by atoms with E-state index in [1.807, 2.05) is 19.1 Å².